The van der Waals surface area contributed by atoms with E-state index in [-0.39, 0.29) is 25.3 Å². The fraction of sp³-hybridized carbons (Fsp3) is 0.889. The Kier molecular flexibility index (Phi) is 5.91. The molecule has 0 aliphatic heterocycles. The minimum absolute atomic E-state index is 0.119. The number of hydrogen-bond donors (Lipinski definition) is 2. The molecule has 0 radical (unpaired) electrons. The van der Waals surface area contributed by atoms with Gasteiger partial charge in [-0.15, -0.1) is 0 Å². The van der Waals surface area contributed by atoms with Crippen LogP contribution in [0.4, 0.5) is 0 Å². The summed E-state index contributed by atoms with van der Waals surface area (Å²) in [5.74, 6) is -0.868. The van der Waals surface area contributed by atoms with E-state index < -0.39 is 21.4 Å². The van der Waals surface area contributed by atoms with E-state index in [2.05, 4.69) is 9.46 Å². The molecule has 0 unspecified atom stereocenters. The van der Waals surface area contributed by atoms with Gasteiger partial charge in [0.1, 0.15) is 0 Å². The lowest BCUT2D eigenvalue weighted by molar-refractivity contribution is -0.140. The van der Waals surface area contributed by atoms with E-state index >= 15 is 0 Å². The SMILES string of the molecule is COC(=O)CCS(=O)(=O)NCC(C)(C)CO. The molecule has 6 nitrogen and oxygen atoms in total. The maximum absolute atomic E-state index is 11.4. The molecule has 16 heavy (non-hydrogen) atoms. The van der Waals surface area contributed by atoms with Crippen molar-refractivity contribution in [2.75, 3.05) is 26.0 Å². The Hall–Kier alpha value is -0.660. The molecule has 0 amide bonds. The Morgan fingerprint density at radius 2 is 2.00 bits per heavy atom. The summed E-state index contributed by atoms with van der Waals surface area (Å²) in [5, 5.41) is 8.94. The highest BCUT2D eigenvalue weighted by Crippen LogP contribution is 2.11. The van der Waals surface area contributed by atoms with Gasteiger partial charge in [-0.2, -0.15) is 0 Å². The average Bonchev–Trinajstić information content (AvgIpc) is 2.24. The lowest BCUT2D eigenvalue weighted by Crippen LogP contribution is -2.37. The summed E-state index contributed by atoms with van der Waals surface area (Å²) in [6.45, 7) is 3.48. The highest BCUT2D eigenvalue weighted by molar-refractivity contribution is 7.89. The molecule has 0 saturated heterocycles. The van der Waals surface area contributed by atoms with Gasteiger partial charge in [-0.3, -0.25) is 4.79 Å². The van der Waals surface area contributed by atoms with Crippen LogP contribution in [0.15, 0.2) is 0 Å². The molecule has 0 fully saturated rings. The number of aliphatic hydroxyl groups is 1. The molecule has 0 heterocycles. The lowest BCUT2D eigenvalue weighted by atomic mass is 9.96. The van der Waals surface area contributed by atoms with Crippen molar-refractivity contribution in [3.63, 3.8) is 0 Å². The first-order chi connectivity index (χ1) is 7.22. The summed E-state index contributed by atoms with van der Waals surface area (Å²) >= 11 is 0. The molecule has 0 saturated carbocycles. The largest absolute Gasteiger partial charge is 0.469 e. The monoisotopic (exact) mass is 253 g/mol. The smallest absolute Gasteiger partial charge is 0.306 e. The van der Waals surface area contributed by atoms with Crippen LogP contribution in [0, 0.1) is 5.41 Å². The van der Waals surface area contributed by atoms with Crippen LogP contribution in [0.3, 0.4) is 0 Å². The molecule has 0 aromatic carbocycles. The number of ether oxygens (including phenoxy) is 1. The molecule has 0 atom stereocenters. The van der Waals surface area contributed by atoms with Crippen molar-refractivity contribution in [3.8, 4) is 0 Å². The van der Waals surface area contributed by atoms with Gasteiger partial charge in [-0.05, 0) is 0 Å². The molecule has 0 aliphatic rings. The third-order valence-corrected chi connectivity index (χ3v) is 3.33. The molecule has 0 spiro atoms. The van der Waals surface area contributed by atoms with Crippen molar-refractivity contribution >= 4 is 16.0 Å². The summed E-state index contributed by atoms with van der Waals surface area (Å²) in [4.78, 5) is 10.8. The predicted octanol–water partition coefficient (Wildman–Crippen LogP) is -0.513. The maximum atomic E-state index is 11.4. The minimum atomic E-state index is -3.49. The summed E-state index contributed by atoms with van der Waals surface area (Å²) < 4.78 is 29.5. The fourth-order valence-corrected chi connectivity index (χ4v) is 1.94. The van der Waals surface area contributed by atoms with Crippen molar-refractivity contribution in [3.05, 3.63) is 0 Å². The second-order valence-corrected chi connectivity index (χ2v) is 6.21. The third-order valence-electron chi connectivity index (χ3n) is 2.00. The van der Waals surface area contributed by atoms with Crippen LogP contribution in [0.2, 0.25) is 0 Å². The molecular formula is C9H19NO5S. The van der Waals surface area contributed by atoms with Gasteiger partial charge in [0.25, 0.3) is 0 Å². The molecule has 7 heteroatoms. The lowest BCUT2D eigenvalue weighted by Gasteiger charge is -2.21. The van der Waals surface area contributed by atoms with Gasteiger partial charge in [0, 0.05) is 18.6 Å². The average molecular weight is 253 g/mol. The van der Waals surface area contributed by atoms with Crippen molar-refractivity contribution in [2.24, 2.45) is 5.41 Å². The van der Waals surface area contributed by atoms with E-state index in [4.69, 9.17) is 5.11 Å². The van der Waals surface area contributed by atoms with E-state index in [0.717, 1.165) is 0 Å². The standard InChI is InChI=1S/C9H19NO5S/c1-9(2,7-11)6-10-16(13,14)5-4-8(12)15-3/h10-11H,4-7H2,1-3H3. The molecule has 0 aromatic heterocycles. The third kappa shape index (κ3) is 6.76. The Balaban J connectivity index is 4.12. The van der Waals surface area contributed by atoms with Gasteiger partial charge in [0.15, 0.2) is 0 Å². The first-order valence-electron chi connectivity index (χ1n) is 4.87. The number of sulfonamides is 1. The van der Waals surface area contributed by atoms with Crippen LogP contribution in [-0.4, -0.2) is 45.5 Å². The second kappa shape index (κ2) is 6.17. The summed E-state index contributed by atoms with van der Waals surface area (Å²) in [6, 6.07) is 0. The molecular weight excluding hydrogens is 234 g/mol. The van der Waals surface area contributed by atoms with E-state index in [1.54, 1.807) is 13.8 Å². The fourth-order valence-electron chi connectivity index (χ4n) is 0.753. The molecule has 2 N–H and O–H groups in total. The van der Waals surface area contributed by atoms with Crippen LogP contribution in [0.25, 0.3) is 0 Å². The van der Waals surface area contributed by atoms with Gasteiger partial charge in [0.2, 0.25) is 10.0 Å². The molecule has 0 rings (SSSR count). The summed E-state index contributed by atoms with van der Waals surface area (Å²) in [7, 11) is -2.29. The van der Waals surface area contributed by atoms with Gasteiger partial charge < -0.3 is 9.84 Å². The Bertz CT molecular complexity index is 323. The zero-order valence-electron chi connectivity index (χ0n) is 9.82. The van der Waals surface area contributed by atoms with Gasteiger partial charge in [-0.25, -0.2) is 13.1 Å². The topological polar surface area (TPSA) is 92.7 Å². The Labute approximate surface area is 96.0 Å². The van der Waals surface area contributed by atoms with Crippen LogP contribution in [0.1, 0.15) is 20.3 Å². The number of hydrogen-bond acceptors (Lipinski definition) is 5. The first kappa shape index (κ1) is 15.3. The quantitative estimate of drug-likeness (QED) is 0.596. The number of carbonyl (C=O) groups excluding carboxylic acids is 1. The Morgan fingerprint density at radius 1 is 1.44 bits per heavy atom. The maximum Gasteiger partial charge on any atom is 0.306 e. The zero-order chi connectivity index (χ0) is 12.8. The number of aliphatic hydroxyl groups excluding tert-OH is 1. The number of rotatable bonds is 7. The van der Waals surface area contributed by atoms with Crippen molar-refractivity contribution in [1.82, 2.24) is 4.72 Å². The van der Waals surface area contributed by atoms with Crippen molar-refractivity contribution in [1.29, 1.82) is 0 Å². The number of nitrogens with one attached hydrogen (secondary N) is 1. The molecule has 96 valence electrons. The summed E-state index contributed by atoms with van der Waals surface area (Å²) in [5.41, 5.74) is -0.516. The number of carbonyl (C=O) groups is 1. The molecule has 0 bridgehead atoms. The number of esters is 1. The zero-order valence-corrected chi connectivity index (χ0v) is 10.6. The molecule has 0 aliphatic carbocycles. The number of methoxy groups -OCH3 is 1. The van der Waals surface area contributed by atoms with Crippen molar-refractivity contribution in [2.45, 2.75) is 20.3 Å². The van der Waals surface area contributed by atoms with Crippen LogP contribution >= 0.6 is 0 Å². The highest BCUT2D eigenvalue weighted by atomic mass is 32.2. The normalized spacial score (nSPS) is 12.5. The van der Waals surface area contributed by atoms with Crippen LogP contribution in [0.5, 0.6) is 0 Å². The van der Waals surface area contributed by atoms with Gasteiger partial charge in [0.05, 0.1) is 19.3 Å². The highest BCUT2D eigenvalue weighted by Gasteiger charge is 2.20. The molecule has 0 aromatic rings. The van der Waals surface area contributed by atoms with Crippen LogP contribution in [-0.2, 0) is 19.6 Å². The van der Waals surface area contributed by atoms with Crippen LogP contribution < -0.4 is 4.72 Å². The Morgan fingerprint density at radius 3 is 2.44 bits per heavy atom. The van der Waals surface area contributed by atoms with E-state index in [9.17, 15) is 13.2 Å². The van der Waals surface area contributed by atoms with E-state index in [1.807, 2.05) is 0 Å². The van der Waals surface area contributed by atoms with E-state index in [1.165, 1.54) is 7.11 Å². The second-order valence-electron chi connectivity index (χ2n) is 4.29. The van der Waals surface area contributed by atoms with E-state index in [0.29, 0.717) is 0 Å². The van der Waals surface area contributed by atoms with Crippen molar-refractivity contribution < 1.29 is 23.1 Å². The minimum Gasteiger partial charge on any atom is -0.469 e. The van der Waals surface area contributed by atoms with Gasteiger partial charge >= 0.3 is 5.97 Å². The summed E-state index contributed by atoms with van der Waals surface area (Å²) in [6.07, 6.45) is -0.175. The van der Waals surface area contributed by atoms with Gasteiger partial charge in [-0.1, -0.05) is 13.8 Å². The predicted molar refractivity (Wildman–Crippen MR) is 59.3 cm³/mol. The first-order valence-corrected chi connectivity index (χ1v) is 6.53.